The van der Waals surface area contributed by atoms with Gasteiger partial charge in [0.1, 0.15) is 5.75 Å². The zero-order valence-corrected chi connectivity index (χ0v) is 8.64. The van der Waals surface area contributed by atoms with Crippen molar-refractivity contribution in [3.8, 4) is 5.75 Å². The number of aryl methyl sites for hydroxylation is 2. The first kappa shape index (κ1) is 11.0. The molecule has 0 aliphatic carbocycles. The molecule has 1 aromatic carbocycles. The van der Waals surface area contributed by atoms with E-state index in [9.17, 15) is 0 Å². The lowest BCUT2D eigenvalue weighted by Gasteiger charge is -2.01. The second-order valence-electron chi connectivity index (χ2n) is 2.53. The number of ether oxygens (including phenoxy) is 1. The maximum atomic E-state index is 5.08. The minimum Gasteiger partial charge on any atom is -0.497 e. The van der Waals surface area contributed by atoms with Gasteiger partial charge in [-0.3, -0.25) is 0 Å². The van der Waals surface area contributed by atoms with E-state index in [0.29, 0.717) is 0 Å². The summed E-state index contributed by atoms with van der Waals surface area (Å²) in [5, 5.41) is 0. The molecule has 0 radical (unpaired) electrons. The second-order valence-corrected chi connectivity index (χ2v) is 2.53. The molecule has 68 valence electrons. The van der Waals surface area contributed by atoms with Gasteiger partial charge in [-0.2, -0.15) is 0 Å². The van der Waals surface area contributed by atoms with Gasteiger partial charge in [-0.05, 0) is 37.1 Å². The summed E-state index contributed by atoms with van der Waals surface area (Å²) >= 11 is 0. The third kappa shape index (κ3) is 3.42. The van der Waals surface area contributed by atoms with E-state index >= 15 is 0 Å². The summed E-state index contributed by atoms with van der Waals surface area (Å²) in [6.07, 6.45) is 0. The molecular formula is C11H18O. The van der Waals surface area contributed by atoms with E-state index in [2.05, 4.69) is 19.9 Å². The molecule has 0 aliphatic heterocycles. The van der Waals surface area contributed by atoms with Gasteiger partial charge in [0.05, 0.1) is 7.11 Å². The normalized spacial score (nSPS) is 8.42. The fourth-order valence-corrected chi connectivity index (χ4v) is 1.05. The standard InChI is InChI=1S/C9H12O.C2H6/c1-7-4-8(2)6-9(5-7)10-3;1-2/h4-6H,1-3H3;1-2H3. The van der Waals surface area contributed by atoms with Crippen LogP contribution in [0, 0.1) is 13.8 Å². The third-order valence-corrected chi connectivity index (χ3v) is 1.43. The quantitative estimate of drug-likeness (QED) is 0.621. The highest BCUT2D eigenvalue weighted by atomic mass is 16.5. The van der Waals surface area contributed by atoms with Crippen LogP contribution in [0.5, 0.6) is 5.75 Å². The van der Waals surface area contributed by atoms with Gasteiger partial charge in [-0.1, -0.05) is 19.9 Å². The van der Waals surface area contributed by atoms with E-state index in [0.717, 1.165) is 5.75 Å². The summed E-state index contributed by atoms with van der Waals surface area (Å²) in [7, 11) is 1.69. The molecule has 0 atom stereocenters. The maximum absolute atomic E-state index is 5.08. The van der Waals surface area contributed by atoms with Crippen LogP contribution in [0.25, 0.3) is 0 Å². The molecule has 0 spiro atoms. The van der Waals surface area contributed by atoms with Crippen LogP contribution in [0.4, 0.5) is 0 Å². The van der Waals surface area contributed by atoms with Crippen LogP contribution in [-0.4, -0.2) is 7.11 Å². The monoisotopic (exact) mass is 166 g/mol. The van der Waals surface area contributed by atoms with E-state index in [1.165, 1.54) is 11.1 Å². The van der Waals surface area contributed by atoms with Crippen molar-refractivity contribution in [3.63, 3.8) is 0 Å². The lowest BCUT2D eigenvalue weighted by atomic mass is 10.1. The Bertz CT molecular complexity index is 208. The Kier molecular flexibility index (Phi) is 5.18. The highest BCUT2D eigenvalue weighted by Gasteiger charge is 1.92. The summed E-state index contributed by atoms with van der Waals surface area (Å²) in [5.41, 5.74) is 2.49. The van der Waals surface area contributed by atoms with E-state index in [4.69, 9.17) is 4.74 Å². The van der Waals surface area contributed by atoms with Gasteiger partial charge in [0.15, 0.2) is 0 Å². The zero-order chi connectivity index (χ0) is 9.56. The zero-order valence-electron chi connectivity index (χ0n) is 8.64. The largest absolute Gasteiger partial charge is 0.497 e. The van der Waals surface area contributed by atoms with Crippen LogP contribution in [0.3, 0.4) is 0 Å². The Balaban J connectivity index is 0.000000561. The Morgan fingerprint density at radius 1 is 0.917 bits per heavy atom. The van der Waals surface area contributed by atoms with Gasteiger partial charge in [0.25, 0.3) is 0 Å². The molecule has 0 bridgehead atoms. The van der Waals surface area contributed by atoms with E-state index in [1.54, 1.807) is 7.11 Å². The predicted octanol–water partition coefficient (Wildman–Crippen LogP) is 3.34. The average molecular weight is 166 g/mol. The number of methoxy groups -OCH3 is 1. The fraction of sp³-hybridized carbons (Fsp3) is 0.455. The van der Waals surface area contributed by atoms with Gasteiger partial charge in [-0.25, -0.2) is 0 Å². The van der Waals surface area contributed by atoms with Crippen molar-refractivity contribution in [2.45, 2.75) is 27.7 Å². The Morgan fingerprint density at radius 3 is 1.67 bits per heavy atom. The molecule has 0 unspecified atom stereocenters. The predicted molar refractivity (Wildman–Crippen MR) is 53.8 cm³/mol. The van der Waals surface area contributed by atoms with Gasteiger partial charge < -0.3 is 4.74 Å². The Labute approximate surface area is 75.4 Å². The van der Waals surface area contributed by atoms with Gasteiger partial charge in [0.2, 0.25) is 0 Å². The molecule has 0 N–H and O–H groups in total. The smallest absolute Gasteiger partial charge is 0.119 e. The summed E-state index contributed by atoms with van der Waals surface area (Å²) in [5.74, 6) is 0.942. The van der Waals surface area contributed by atoms with Crippen molar-refractivity contribution in [3.05, 3.63) is 29.3 Å². The van der Waals surface area contributed by atoms with Crippen LogP contribution in [0.15, 0.2) is 18.2 Å². The highest BCUT2D eigenvalue weighted by molar-refractivity contribution is 5.32. The first-order valence-corrected chi connectivity index (χ1v) is 4.34. The van der Waals surface area contributed by atoms with Crippen molar-refractivity contribution in [1.29, 1.82) is 0 Å². The first-order valence-electron chi connectivity index (χ1n) is 4.34. The molecule has 0 saturated carbocycles. The third-order valence-electron chi connectivity index (χ3n) is 1.43. The van der Waals surface area contributed by atoms with E-state index in [1.807, 2.05) is 26.0 Å². The summed E-state index contributed by atoms with van der Waals surface area (Å²) in [4.78, 5) is 0. The van der Waals surface area contributed by atoms with Crippen molar-refractivity contribution in [2.75, 3.05) is 7.11 Å². The van der Waals surface area contributed by atoms with Crippen LogP contribution < -0.4 is 4.74 Å². The molecule has 1 heteroatoms. The van der Waals surface area contributed by atoms with Crippen molar-refractivity contribution < 1.29 is 4.74 Å². The number of rotatable bonds is 1. The molecule has 1 aromatic rings. The summed E-state index contributed by atoms with van der Waals surface area (Å²) in [6, 6.07) is 6.17. The molecule has 0 fully saturated rings. The van der Waals surface area contributed by atoms with Gasteiger partial charge >= 0.3 is 0 Å². The van der Waals surface area contributed by atoms with Crippen LogP contribution in [0.1, 0.15) is 25.0 Å². The molecule has 12 heavy (non-hydrogen) atoms. The van der Waals surface area contributed by atoms with Crippen LogP contribution in [-0.2, 0) is 0 Å². The molecule has 0 heterocycles. The Hall–Kier alpha value is -0.980. The summed E-state index contributed by atoms with van der Waals surface area (Å²) in [6.45, 7) is 8.13. The molecule has 0 aromatic heterocycles. The minimum absolute atomic E-state index is 0.942. The number of benzene rings is 1. The average Bonchev–Trinajstić information content (AvgIpc) is 2.06. The SMILES string of the molecule is CC.COc1cc(C)cc(C)c1. The van der Waals surface area contributed by atoms with Crippen molar-refractivity contribution >= 4 is 0 Å². The molecule has 1 rings (SSSR count). The molecule has 0 saturated heterocycles. The van der Waals surface area contributed by atoms with Crippen molar-refractivity contribution in [1.82, 2.24) is 0 Å². The van der Waals surface area contributed by atoms with Crippen LogP contribution >= 0.6 is 0 Å². The first-order chi connectivity index (χ1) is 5.72. The number of hydrogen-bond acceptors (Lipinski definition) is 1. The van der Waals surface area contributed by atoms with E-state index < -0.39 is 0 Å². The summed E-state index contributed by atoms with van der Waals surface area (Å²) < 4.78 is 5.08. The molecule has 0 amide bonds. The second kappa shape index (κ2) is 5.64. The van der Waals surface area contributed by atoms with Gasteiger partial charge in [-0.15, -0.1) is 0 Å². The lowest BCUT2D eigenvalue weighted by Crippen LogP contribution is -1.84. The highest BCUT2D eigenvalue weighted by Crippen LogP contribution is 2.14. The lowest BCUT2D eigenvalue weighted by molar-refractivity contribution is 0.414. The van der Waals surface area contributed by atoms with Gasteiger partial charge in [0, 0.05) is 0 Å². The number of hydrogen-bond donors (Lipinski definition) is 0. The fourth-order valence-electron chi connectivity index (χ4n) is 1.05. The maximum Gasteiger partial charge on any atom is 0.119 e. The molecular weight excluding hydrogens is 148 g/mol. The molecule has 1 nitrogen and oxygen atoms in total. The van der Waals surface area contributed by atoms with Crippen LogP contribution in [0.2, 0.25) is 0 Å². The topological polar surface area (TPSA) is 9.23 Å². The van der Waals surface area contributed by atoms with E-state index in [-0.39, 0.29) is 0 Å². The van der Waals surface area contributed by atoms with Crippen molar-refractivity contribution in [2.24, 2.45) is 0 Å². The molecule has 0 aliphatic rings. The Morgan fingerprint density at radius 2 is 1.33 bits per heavy atom. The minimum atomic E-state index is 0.942.